The fourth-order valence-electron chi connectivity index (χ4n) is 1.32. The summed E-state index contributed by atoms with van der Waals surface area (Å²) >= 11 is 0. The number of aryl methyl sites for hydroxylation is 1. The molecule has 1 aromatic rings. The molecule has 0 bridgehead atoms. The number of rotatable bonds is 4. The van der Waals surface area contributed by atoms with Gasteiger partial charge in [-0.25, -0.2) is 0 Å². The molecule has 1 heterocycles. The summed E-state index contributed by atoms with van der Waals surface area (Å²) in [6, 6.07) is 0. The Morgan fingerprint density at radius 2 is 2.11 bits per heavy atom. The Kier molecular flexibility index (Phi) is 6.13. The van der Waals surface area contributed by atoms with E-state index >= 15 is 0 Å². The third kappa shape index (κ3) is 4.53. The minimum atomic E-state index is -4.51. The number of hydrogen-bond donors (Lipinski definition) is 2. The van der Waals surface area contributed by atoms with Crippen LogP contribution in [-0.2, 0) is 24.6 Å². The SMILES string of the molecule is CNCC(=O)NCc1cn(C)nc1C(F)(F)F.Cl. The number of carbonyl (C=O) groups is 1. The average Bonchev–Trinajstić information content (AvgIpc) is 2.57. The molecular formula is C9H14ClF3N4O. The lowest BCUT2D eigenvalue weighted by molar-refractivity contribution is -0.142. The zero-order valence-electron chi connectivity index (χ0n) is 9.84. The van der Waals surface area contributed by atoms with Crippen LogP contribution in [0.5, 0.6) is 0 Å². The van der Waals surface area contributed by atoms with Crippen molar-refractivity contribution in [2.24, 2.45) is 7.05 Å². The monoisotopic (exact) mass is 286 g/mol. The molecule has 0 unspecified atom stereocenters. The predicted molar refractivity (Wildman–Crippen MR) is 61.2 cm³/mol. The number of alkyl halides is 3. The quantitative estimate of drug-likeness (QED) is 0.856. The van der Waals surface area contributed by atoms with Crippen molar-refractivity contribution in [3.63, 3.8) is 0 Å². The molecule has 2 N–H and O–H groups in total. The second-order valence-electron chi connectivity index (χ2n) is 3.48. The van der Waals surface area contributed by atoms with E-state index in [1.165, 1.54) is 13.2 Å². The molecule has 1 amide bonds. The molecule has 0 aromatic carbocycles. The highest BCUT2D eigenvalue weighted by Gasteiger charge is 2.36. The molecule has 0 atom stereocenters. The zero-order chi connectivity index (χ0) is 13.1. The lowest BCUT2D eigenvalue weighted by Gasteiger charge is -2.07. The standard InChI is InChI=1S/C9H13F3N4O.ClH/c1-13-4-7(17)14-3-6-5-16(2)15-8(6)9(10,11)12;/h5,13H,3-4H2,1-2H3,(H,14,17);1H. The smallest absolute Gasteiger partial charge is 0.351 e. The second-order valence-corrected chi connectivity index (χ2v) is 3.48. The van der Waals surface area contributed by atoms with Gasteiger partial charge in [-0.3, -0.25) is 9.48 Å². The Hall–Kier alpha value is -1.28. The minimum Gasteiger partial charge on any atom is -0.351 e. The van der Waals surface area contributed by atoms with Crippen LogP contribution in [0.15, 0.2) is 6.20 Å². The summed E-state index contributed by atoms with van der Waals surface area (Å²) in [5, 5.41) is 8.30. The van der Waals surface area contributed by atoms with Gasteiger partial charge < -0.3 is 10.6 Å². The van der Waals surface area contributed by atoms with Gasteiger partial charge in [0.2, 0.25) is 5.91 Å². The number of halogens is 4. The van der Waals surface area contributed by atoms with Crippen LogP contribution >= 0.6 is 12.4 Å². The first-order chi connectivity index (χ1) is 7.84. The topological polar surface area (TPSA) is 59.0 Å². The maximum absolute atomic E-state index is 12.5. The van der Waals surface area contributed by atoms with Crippen molar-refractivity contribution in [1.29, 1.82) is 0 Å². The van der Waals surface area contributed by atoms with Gasteiger partial charge in [0.05, 0.1) is 6.54 Å². The van der Waals surface area contributed by atoms with Crippen molar-refractivity contribution in [2.75, 3.05) is 13.6 Å². The van der Waals surface area contributed by atoms with Crippen LogP contribution in [0.4, 0.5) is 13.2 Å². The van der Waals surface area contributed by atoms with Gasteiger partial charge in [0, 0.05) is 25.4 Å². The van der Waals surface area contributed by atoms with Crippen molar-refractivity contribution < 1.29 is 18.0 Å². The van der Waals surface area contributed by atoms with E-state index in [1.54, 1.807) is 7.05 Å². The summed E-state index contributed by atoms with van der Waals surface area (Å²) < 4.78 is 38.7. The number of aromatic nitrogens is 2. The highest BCUT2D eigenvalue weighted by Crippen LogP contribution is 2.30. The van der Waals surface area contributed by atoms with Gasteiger partial charge in [-0.1, -0.05) is 0 Å². The summed E-state index contributed by atoms with van der Waals surface area (Å²) in [5.74, 6) is -0.371. The molecule has 104 valence electrons. The van der Waals surface area contributed by atoms with Crippen molar-refractivity contribution >= 4 is 18.3 Å². The third-order valence-corrected chi connectivity index (χ3v) is 1.99. The van der Waals surface area contributed by atoms with Gasteiger partial charge in [-0.15, -0.1) is 12.4 Å². The van der Waals surface area contributed by atoms with Gasteiger partial charge in [0.1, 0.15) is 0 Å². The first-order valence-corrected chi connectivity index (χ1v) is 4.85. The van der Waals surface area contributed by atoms with Crippen molar-refractivity contribution in [2.45, 2.75) is 12.7 Å². The van der Waals surface area contributed by atoms with Gasteiger partial charge in [0.15, 0.2) is 5.69 Å². The number of carbonyl (C=O) groups excluding carboxylic acids is 1. The molecule has 0 aliphatic rings. The zero-order valence-corrected chi connectivity index (χ0v) is 10.7. The van der Waals surface area contributed by atoms with E-state index < -0.39 is 11.9 Å². The number of likely N-dealkylation sites (N-methyl/N-ethyl adjacent to an activating group) is 1. The summed E-state index contributed by atoms with van der Waals surface area (Å²) in [6.07, 6.45) is -3.27. The van der Waals surface area contributed by atoms with E-state index in [9.17, 15) is 18.0 Å². The highest BCUT2D eigenvalue weighted by atomic mass is 35.5. The second kappa shape index (κ2) is 6.60. The molecule has 0 saturated heterocycles. The Bertz CT molecular complexity index is 405. The van der Waals surface area contributed by atoms with Gasteiger partial charge in [-0.05, 0) is 7.05 Å². The number of nitrogens with zero attached hydrogens (tertiary/aromatic N) is 2. The van der Waals surface area contributed by atoms with E-state index in [0.717, 1.165) is 4.68 Å². The van der Waals surface area contributed by atoms with E-state index in [-0.39, 0.29) is 37.0 Å². The van der Waals surface area contributed by atoms with Crippen LogP contribution in [0.3, 0.4) is 0 Å². The molecule has 1 rings (SSSR count). The van der Waals surface area contributed by atoms with Gasteiger partial charge in [0.25, 0.3) is 0 Å². The minimum absolute atomic E-state index is 0. The Labute approximate surface area is 108 Å². The van der Waals surface area contributed by atoms with Crippen molar-refractivity contribution in [3.05, 3.63) is 17.5 Å². The molecule has 0 saturated carbocycles. The molecule has 9 heteroatoms. The fraction of sp³-hybridized carbons (Fsp3) is 0.556. The largest absolute Gasteiger partial charge is 0.435 e. The van der Waals surface area contributed by atoms with E-state index in [2.05, 4.69) is 15.7 Å². The molecule has 18 heavy (non-hydrogen) atoms. The summed E-state index contributed by atoms with van der Waals surface area (Å²) in [4.78, 5) is 11.1. The normalized spacial score (nSPS) is 10.9. The van der Waals surface area contributed by atoms with E-state index in [4.69, 9.17) is 0 Å². The number of hydrogen-bond acceptors (Lipinski definition) is 3. The molecule has 0 aliphatic heterocycles. The van der Waals surface area contributed by atoms with Gasteiger partial charge >= 0.3 is 6.18 Å². The summed E-state index contributed by atoms with van der Waals surface area (Å²) in [6.45, 7) is -0.134. The highest BCUT2D eigenvalue weighted by molar-refractivity contribution is 5.85. The Balaban J connectivity index is 0.00000289. The van der Waals surface area contributed by atoms with Crippen LogP contribution in [0, 0.1) is 0 Å². The average molecular weight is 287 g/mol. The van der Waals surface area contributed by atoms with Crippen LogP contribution in [0.1, 0.15) is 11.3 Å². The summed E-state index contributed by atoms with van der Waals surface area (Å²) in [5.41, 5.74) is -1.02. The third-order valence-electron chi connectivity index (χ3n) is 1.99. The van der Waals surface area contributed by atoms with E-state index in [0.29, 0.717) is 0 Å². The first kappa shape index (κ1) is 16.7. The molecule has 5 nitrogen and oxygen atoms in total. The van der Waals surface area contributed by atoms with Crippen LogP contribution in [-0.4, -0.2) is 29.3 Å². The van der Waals surface area contributed by atoms with Gasteiger partial charge in [-0.2, -0.15) is 18.3 Å². The molecule has 0 spiro atoms. The first-order valence-electron chi connectivity index (χ1n) is 4.85. The molecule has 0 fully saturated rings. The Morgan fingerprint density at radius 3 is 2.61 bits per heavy atom. The predicted octanol–water partition coefficient (Wildman–Crippen LogP) is 0.696. The molecule has 1 aromatic heterocycles. The fourth-order valence-corrected chi connectivity index (χ4v) is 1.32. The van der Waals surface area contributed by atoms with Crippen LogP contribution in [0.2, 0.25) is 0 Å². The molecule has 0 radical (unpaired) electrons. The lowest BCUT2D eigenvalue weighted by Crippen LogP contribution is -2.32. The van der Waals surface area contributed by atoms with E-state index in [1.807, 2.05) is 0 Å². The Morgan fingerprint density at radius 1 is 1.50 bits per heavy atom. The molecular weight excluding hydrogens is 273 g/mol. The lowest BCUT2D eigenvalue weighted by atomic mass is 10.2. The number of nitrogens with one attached hydrogen (secondary N) is 2. The van der Waals surface area contributed by atoms with Crippen molar-refractivity contribution in [1.82, 2.24) is 20.4 Å². The maximum atomic E-state index is 12.5. The number of amides is 1. The maximum Gasteiger partial charge on any atom is 0.435 e. The van der Waals surface area contributed by atoms with Crippen molar-refractivity contribution in [3.8, 4) is 0 Å². The summed E-state index contributed by atoms with van der Waals surface area (Å²) in [7, 11) is 2.97. The van der Waals surface area contributed by atoms with Crippen LogP contribution < -0.4 is 10.6 Å². The van der Waals surface area contributed by atoms with Crippen LogP contribution in [0.25, 0.3) is 0 Å². The molecule has 0 aliphatic carbocycles.